The van der Waals surface area contributed by atoms with Gasteiger partial charge in [0.2, 0.25) is 0 Å². The molecule has 78 valence electrons. The molecule has 1 fully saturated rings. The Balaban J connectivity index is 2.22. The molecule has 2 atom stereocenters. The van der Waals surface area contributed by atoms with Crippen LogP contribution in [0.3, 0.4) is 0 Å². The molecule has 0 spiro atoms. The molecule has 1 rings (SSSR count). The normalized spacial score (nSPS) is 33.7. The molecule has 0 aromatic heterocycles. The van der Waals surface area contributed by atoms with Gasteiger partial charge in [-0.1, -0.05) is 51.9 Å². The lowest BCUT2D eigenvalue weighted by Gasteiger charge is -2.09. The summed E-state index contributed by atoms with van der Waals surface area (Å²) in [6, 6.07) is 0. The van der Waals surface area contributed by atoms with E-state index in [9.17, 15) is 0 Å². The molecule has 0 N–H and O–H groups in total. The summed E-state index contributed by atoms with van der Waals surface area (Å²) < 4.78 is 0. The smallest absolute Gasteiger partial charge is 0.00168 e. The Morgan fingerprint density at radius 2 is 1.23 bits per heavy atom. The van der Waals surface area contributed by atoms with Crippen LogP contribution in [0.15, 0.2) is 0 Å². The molecule has 0 nitrogen and oxygen atoms in total. The Hall–Kier alpha value is 0.350. The van der Waals surface area contributed by atoms with Crippen molar-refractivity contribution in [3.63, 3.8) is 0 Å². The third-order valence-electron chi connectivity index (χ3n) is 3.22. The molecular formula is C12H24S. The predicted octanol–water partition coefficient (Wildman–Crippen LogP) is 4.45. The molecule has 0 aromatic rings. The highest BCUT2D eigenvalue weighted by Crippen LogP contribution is 2.22. The van der Waals surface area contributed by atoms with Crippen molar-refractivity contribution in [2.75, 3.05) is 0 Å². The van der Waals surface area contributed by atoms with Crippen LogP contribution >= 0.6 is 12.6 Å². The van der Waals surface area contributed by atoms with Crippen LogP contribution in [-0.2, 0) is 0 Å². The van der Waals surface area contributed by atoms with Crippen LogP contribution in [0.2, 0.25) is 0 Å². The van der Waals surface area contributed by atoms with Crippen molar-refractivity contribution in [1.29, 1.82) is 0 Å². The largest absolute Gasteiger partial charge is 0.176 e. The van der Waals surface area contributed by atoms with Crippen LogP contribution in [0.5, 0.6) is 0 Å². The molecule has 1 aliphatic carbocycles. The summed E-state index contributed by atoms with van der Waals surface area (Å²) in [4.78, 5) is 0. The maximum Gasteiger partial charge on any atom is 0.00168 e. The minimum Gasteiger partial charge on any atom is -0.176 e. The fourth-order valence-corrected chi connectivity index (χ4v) is 2.58. The number of hydrogen-bond donors (Lipinski definition) is 1. The van der Waals surface area contributed by atoms with Crippen LogP contribution < -0.4 is 0 Å². The first-order chi connectivity index (χ1) is 6.29. The fraction of sp³-hybridized carbons (Fsp3) is 1.00. The summed E-state index contributed by atoms with van der Waals surface area (Å²) in [6.45, 7) is 2.41. The third kappa shape index (κ3) is 5.61. The van der Waals surface area contributed by atoms with Gasteiger partial charge in [-0.15, -0.1) is 0 Å². The molecule has 0 saturated heterocycles. The van der Waals surface area contributed by atoms with E-state index in [0.29, 0.717) is 5.25 Å². The highest BCUT2D eigenvalue weighted by Gasteiger charge is 2.07. The van der Waals surface area contributed by atoms with Crippen LogP contribution in [0.4, 0.5) is 0 Å². The molecule has 0 bridgehead atoms. The third-order valence-corrected chi connectivity index (χ3v) is 3.73. The van der Waals surface area contributed by atoms with Gasteiger partial charge in [-0.2, -0.15) is 12.6 Å². The van der Waals surface area contributed by atoms with Crippen molar-refractivity contribution in [3.8, 4) is 0 Å². The van der Waals surface area contributed by atoms with E-state index in [1.807, 2.05) is 0 Å². The van der Waals surface area contributed by atoms with E-state index < -0.39 is 0 Å². The number of rotatable bonds is 0. The molecule has 13 heavy (non-hydrogen) atoms. The second kappa shape index (κ2) is 6.75. The highest BCUT2D eigenvalue weighted by atomic mass is 32.1. The van der Waals surface area contributed by atoms with E-state index in [1.54, 1.807) is 0 Å². The Morgan fingerprint density at radius 3 is 1.92 bits per heavy atom. The zero-order valence-corrected chi connectivity index (χ0v) is 9.86. The van der Waals surface area contributed by atoms with Crippen LogP contribution in [0, 0.1) is 5.92 Å². The molecule has 0 heterocycles. The summed E-state index contributed by atoms with van der Waals surface area (Å²) in [7, 11) is 0. The first-order valence-electron chi connectivity index (χ1n) is 5.97. The summed E-state index contributed by atoms with van der Waals surface area (Å²) in [5, 5.41) is 0.688. The van der Waals surface area contributed by atoms with Crippen LogP contribution in [0.25, 0.3) is 0 Å². The van der Waals surface area contributed by atoms with Gasteiger partial charge in [0, 0.05) is 5.25 Å². The van der Waals surface area contributed by atoms with E-state index >= 15 is 0 Å². The van der Waals surface area contributed by atoms with Gasteiger partial charge < -0.3 is 0 Å². The molecule has 0 radical (unpaired) electrons. The first-order valence-corrected chi connectivity index (χ1v) is 6.48. The number of hydrogen-bond acceptors (Lipinski definition) is 1. The Morgan fingerprint density at radius 1 is 0.769 bits per heavy atom. The quantitative estimate of drug-likeness (QED) is 0.549. The summed E-state index contributed by atoms with van der Waals surface area (Å²) >= 11 is 4.62. The van der Waals surface area contributed by atoms with E-state index in [0.717, 1.165) is 5.92 Å². The molecule has 0 unspecified atom stereocenters. The Labute approximate surface area is 88.9 Å². The van der Waals surface area contributed by atoms with Crippen molar-refractivity contribution in [2.24, 2.45) is 5.92 Å². The summed E-state index contributed by atoms with van der Waals surface area (Å²) in [6.07, 6.45) is 12.7. The zero-order valence-electron chi connectivity index (χ0n) is 8.97. The van der Waals surface area contributed by atoms with Gasteiger partial charge in [-0.3, -0.25) is 0 Å². The van der Waals surface area contributed by atoms with Gasteiger partial charge in [0.25, 0.3) is 0 Å². The highest BCUT2D eigenvalue weighted by molar-refractivity contribution is 7.80. The lowest BCUT2D eigenvalue weighted by molar-refractivity contribution is 0.447. The average molecular weight is 200 g/mol. The van der Waals surface area contributed by atoms with Crippen molar-refractivity contribution < 1.29 is 0 Å². The monoisotopic (exact) mass is 200 g/mol. The van der Waals surface area contributed by atoms with Crippen LogP contribution in [-0.4, -0.2) is 5.25 Å². The van der Waals surface area contributed by atoms with E-state index in [-0.39, 0.29) is 0 Å². The SMILES string of the molecule is C[C@@H]1CCCCC[C@H](S)CCCC1. The van der Waals surface area contributed by atoms with Gasteiger partial charge in [-0.25, -0.2) is 0 Å². The van der Waals surface area contributed by atoms with Gasteiger partial charge in [-0.05, 0) is 18.8 Å². The van der Waals surface area contributed by atoms with Gasteiger partial charge in [0.15, 0.2) is 0 Å². The predicted molar refractivity (Wildman–Crippen MR) is 63.5 cm³/mol. The molecular weight excluding hydrogens is 176 g/mol. The van der Waals surface area contributed by atoms with Gasteiger partial charge >= 0.3 is 0 Å². The minimum absolute atomic E-state index is 0.688. The second-order valence-electron chi connectivity index (χ2n) is 4.68. The molecule has 0 amide bonds. The van der Waals surface area contributed by atoms with Crippen LogP contribution in [0.1, 0.15) is 64.7 Å². The summed E-state index contributed by atoms with van der Waals surface area (Å²) in [5.74, 6) is 0.969. The molecule has 1 saturated carbocycles. The van der Waals surface area contributed by atoms with E-state index in [1.165, 1.54) is 57.8 Å². The molecule has 1 heteroatoms. The Bertz CT molecular complexity index is 108. The average Bonchev–Trinajstić information content (AvgIpc) is 2.14. The summed E-state index contributed by atoms with van der Waals surface area (Å²) in [5.41, 5.74) is 0. The Kier molecular flexibility index (Phi) is 5.93. The first kappa shape index (κ1) is 11.4. The van der Waals surface area contributed by atoms with Gasteiger partial charge in [0.1, 0.15) is 0 Å². The van der Waals surface area contributed by atoms with E-state index in [4.69, 9.17) is 0 Å². The molecule has 1 aliphatic rings. The molecule has 0 aromatic carbocycles. The van der Waals surface area contributed by atoms with Gasteiger partial charge in [0.05, 0.1) is 0 Å². The molecule has 0 aliphatic heterocycles. The van der Waals surface area contributed by atoms with Crippen molar-refractivity contribution in [1.82, 2.24) is 0 Å². The second-order valence-corrected chi connectivity index (χ2v) is 5.41. The lowest BCUT2D eigenvalue weighted by Crippen LogP contribution is -1.98. The number of thiol groups is 1. The lowest BCUT2D eigenvalue weighted by atomic mass is 9.98. The topological polar surface area (TPSA) is 0 Å². The standard InChI is InChI=1S/C12H24S/c1-11-7-3-2-4-9-12(13)10-6-5-8-11/h11-13H,2-10H2,1H3/t11-,12+/m1/s1. The van der Waals surface area contributed by atoms with Crippen molar-refractivity contribution >= 4 is 12.6 Å². The maximum atomic E-state index is 4.62. The fourth-order valence-electron chi connectivity index (χ4n) is 2.21. The van der Waals surface area contributed by atoms with E-state index in [2.05, 4.69) is 19.6 Å². The van der Waals surface area contributed by atoms with Crippen molar-refractivity contribution in [3.05, 3.63) is 0 Å². The van der Waals surface area contributed by atoms with Crippen molar-refractivity contribution in [2.45, 2.75) is 70.0 Å². The maximum absolute atomic E-state index is 4.62. The zero-order chi connectivity index (χ0) is 9.52. The minimum atomic E-state index is 0.688.